The highest BCUT2D eigenvalue weighted by Gasteiger charge is 2.22. The van der Waals surface area contributed by atoms with Gasteiger partial charge in [0.2, 0.25) is 0 Å². The van der Waals surface area contributed by atoms with Crippen molar-refractivity contribution >= 4 is 23.2 Å². The molecule has 31 heavy (non-hydrogen) atoms. The second-order valence-corrected chi connectivity index (χ2v) is 8.61. The molecule has 166 valence electrons. The fourth-order valence-electron chi connectivity index (χ4n) is 3.57. The number of imidazole rings is 1. The number of carbonyl (C=O) groups is 1. The van der Waals surface area contributed by atoms with Crippen molar-refractivity contribution in [2.45, 2.75) is 33.3 Å². The molecule has 1 unspecified atom stereocenters. The normalized spacial score (nSPS) is 12.3. The van der Waals surface area contributed by atoms with Crippen LogP contribution in [0.3, 0.4) is 0 Å². The molecule has 1 aromatic carbocycles. The van der Waals surface area contributed by atoms with Gasteiger partial charge in [-0.25, -0.2) is 13.8 Å². The zero-order valence-electron chi connectivity index (χ0n) is 18.0. The number of thioether (sulfide) groups is 1. The Balaban J connectivity index is 1.91. The van der Waals surface area contributed by atoms with E-state index in [0.717, 1.165) is 17.7 Å². The number of aromatic nitrogens is 2. The van der Waals surface area contributed by atoms with Gasteiger partial charge in [0.15, 0.2) is 17.2 Å². The number of pyridine rings is 1. The fraction of sp³-hybridized carbons (Fsp3) is 0.391. The van der Waals surface area contributed by atoms with Crippen molar-refractivity contribution < 1.29 is 18.3 Å². The van der Waals surface area contributed by atoms with Crippen LogP contribution in [0, 0.1) is 31.4 Å². The smallest absolute Gasteiger partial charge is 0.181 e. The average molecular weight is 448 g/mol. The standard InChI is InChI=1S/C23H27F2N3O2S/c1-14-9-21(30-13-17-18(24)5-4-6-19(17)25)23-27-15(2)22(28(23)12-14)20(29)10-16(11-26)7-8-31-3/h4-6,9,12,16H,7-8,10-11,13,26H2,1-3H3. The third kappa shape index (κ3) is 5.25. The molecule has 0 fully saturated rings. The number of Topliss-reactive ketones (excluding diaryl/α,β-unsaturated/α-hetero) is 1. The van der Waals surface area contributed by atoms with Crippen molar-refractivity contribution in [2.75, 3.05) is 18.6 Å². The summed E-state index contributed by atoms with van der Waals surface area (Å²) >= 11 is 1.73. The highest BCUT2D eigenvalue weighted by molar-refractivity contribution is 7.98. The van der Waals surface area contributed by atoms with Crippen LogP contribution in [0.4, 0.5) is 8.78 Å². The molecular formula is C23H27F2N3O2S. The second kappa shape index (κ2) is 10.2. The van der Waals surface area contributed by atoms with E-state index in [2.05, 4.69) is 4.98 Å². The van der Waals surface area contributed by atoms with E-state index in [9.17, 15) is 13.6 Å². The van der Waals surface area contributed by atoms with E-state index in [4.69, 9.17) is 10.5 Å². The SMILES string of the molecule is CSCCC(CN)CC(=O)c1c(C)nc2c(OCc3c(F)cccc3F)cc(C)cn12. The van der Waals surface area contributed by atoms with Gasteiger partial charge in [-0.05, 0) is 68.5 Å². The summed E-state index contributed by atoms with van der Waals surface area (Å²) in [6.45, 7) is 3.80. The molecule has 0 spiro atoms. The van der Waals surface area contributed by atoms with Crippen LogP contribution in [0.15, 0.2) is 30.5 Å². The lowest BCUT2D eigenvalue weighted by molar-refractivity contribution is 0.0955. The lowest BCUT2D eigenvalue weighted by Gasteiger charge is -2.14. The quantitative estimate of drug-likeness (QED) is 0.456. The van der Waals surface area contributed by atoms with Gasteiger partial charge < -0.3 is 10.5 Å². The predicted octanol–water partition coefficient (Wildman–Crippen LogP) is 4.71. The van der Waals surface area contributed by atoms with Crippen LogP contribution in [0.5, 0.6) is 5.75 Å². The first-order valence-electron chi connectivity index (χ1n) is 10.1. The highest BCUT2D eigenvalue weighted by Crippen LogP contribution is 2.27. The summed E-state index contributed by atoms with van der Waals surface area (Å²) in [7, 11) is 0. The number of ketones is 1. The Morgan fingerprint density at radius 3 is 2.65 bits per heavy atom. The van der Waals surface area contributed by atoms with E-state index < -0.39 is 11.6 Å². The fourth-order valence-corrected chi connectivity index (χ4v) is 4.14. The summed E-state index contributed by atoms with van der Waals surface area (Å²) in [6, 6.07) is 5.43. The monoisotopic (exact) mass is 447 g/mol. The summed E-state index contributed by atoms with van der Waals surface area (Å²) < 4.78 is 35.4. The van der Waals surface area contributed by atoms with Gasteiger partial charge in [-0.1, -0.05) is 6.07 Å². The molecule has 0 radical (unpaired) electrons. The average Bonchev–Trinajstić information content (AvgIpc) is 3.06. The molecule has 0 aliphatic rings. The predicted molar refractivity (Wildman–Crippen MR) is 120 cm³/mol. The van der Waals surface area contributed by atoms with E-state index in [1.54, 1.807) is 29.2 Å². The van der Waals surface area contributed by atoms with Crippen molar-refractivity contribution in [1.29, 1.82) is 0 Å². The molecule has 3 aromatic rings. The Bertz CT molecular complexity index is 1060. The van der Waals surface area contributed by atoms with Crippen molar-refractivity contribution in [3.8, 4) is 5.75 Å². The van der Waals surface area contributed by atoms with Crippen LogP contribution in [0.1, 0.15) is 40.2 Å². The van der Waals surface area contributed by atoms with Crippen LogP contribution in [0.25, 0.3) is 5.65 Å². The van der Waals surface area contributed by atoms with Gasteiger partial charge in [-0.2, -0.15) is 11.8 Å². The van der Waals surface area contributed by atoms with Crippen LogP contribution < -0.4 is 10.5 Å². The molecule has 8 heteroatoms. The Morgan fingerprint density at radius 2 is 2.00 bits per heavy atom. The first kappa shape index (κ1) is 23.2. The number of halogens is 2. The lowest BCUT2D eigenvalue weighted by atomic mass is 9.98. The number of aryl methyl sites for hydroxylation is 2. The third-order valence-corrected chi connectivity index (χ3v) is 5.88. The number of benzene rings is 1. The molecule has 0 amide bonds. The van der Waals surface area contributed by atoms with E-state index in [0.29, 0.717) is 35.8 Å². The van der Waals surface area contributed by atoms with Gasteiger partial charge in [0.05, 0.1) is 11.3 Å². The van der Waals surface area contributed by atoms with Gasteiger partial charge in [-0.3, -0.25) is 9.20 Å². The second-order valence-electron chi connectivity index (χ2n) is 7.62. The van der Waals surface area contributed by atoms with Crippen molar-refractivity contribution in [3.05, 3.63) is 64.6 Å². The summed E-state index contributed by atoms with van der Waals surface area (Å²) in [5.41, 5.74) is 8.06. The Morgan fingerprint density at radius 1 is 1.29 bits per heavy atom. The summed E-state index contributed by atoms with van der Waals surface area (Å²) in [5.74, 6) is 0.0508. The van der Waals surface area contributed by atoms with Crippen molar-refractivity contribution in [2.24, 2.45) is 11.7 Å². The number of carbonyl (C=O) groups excluding carboxylic acids is 1. The number of ether oxygens (including phenoxy) is 1. The van der Waals surface area contributed by atoms with E-state index in [1.807, 2.05) is 19.4 Å². The molecular weight excluding hydrogens is 420 g/mol. The maximum Gasteiger partial charge on any atom is 0.181 e. The summed E-state index contributed by atoms with van der Waals surface area (Å²) in [5, 5.41) is 0. The number of nitrogens with two attached hydrogens (primary N) is 1. The minimum absolute atomic E-state index is 0.0294. The summed E-state index contributed by atoms with van der Waals surface area (Å²) in [4.78, 5) is 17.6. The molecule has 1 atom stereocenters. The van der Waals surface area contributed by atoms with Crippen molar-refractivity contribution in [1.82, 2.24) is 9.38 Å². The van der Waals surface area contributed by atoms with E-state index in [1.165, 1.54) is 18.2 Å². The molecule has 0 aliphatic heterocycles. The number of hydrogen-bond acceptors (Lipinski definition) is 5. The zero-order chi connectivity index (χ0) is 22.5. The van der Waals surface area contributed by atoms with Crippen LogP contribution in [0.2, 0.25) is 0 Å². The molecule has 0 bridgehead atoms. The topological polar surface area (TPSA) is 69.6 Å². The maximum atomic E-state index is 14.0. The molecule has 3 rings (SSSR count). The minimum Gasteiger partial charge on any atom is -0.485 e. The number of fused-ring (bicyclic) bond motifs is 1. The number of rotatable bonds is 10. The molecule has 2 N–H and O–H groups in total. The Kier molecular flexibility index (Phi) is 7.67. The van der Waals surface area contributed by atoms with Gasteiger partial charge >= 0.3 is 0 Å². The van der Waals surface area contributed by atoms with E-state index in [-0.39, 0.29) is 23.9 Å². The molecule has 2 aromatic heterocycles. The van der Waals surface area contributed by atoms with Gasteiger partial charge in [0.25, 0.3) is 0 Å². The number of hydrogen-bond donors (Lipinski definition) is 1. The molecule has 2 heterocycles. The molecule has 0 aliphatic carbocycles. The van der Waals surface area contributed by atoms with Crippen LogP contribution in [-0.2, 0) is 6.61 Å². The first-order valence-corrected chi connectivity index (χ1v) is 11.5. The highest BCUT2D eigenvalue weighted by atomic mass is 32.2. The third-order valence-electron chi connectivity index (χ3n) is 5.23. The maximum absolute atomic E-state index is 14.0. The lowest BCUT2D eigenvalue weighted by Crippen LogP contribution is -2.20. The largest absolute Gasteiger partial charge is 0.485 e. The van der Waals surface area contributed by atoms with Crippen LogP contribution >= 0.6 is 11.8 Å². The van der Waals surface area contributed by atoms with E-state index >= 15 is 0 Å². The first-order chi connectivity index (χ1) is 14.8. The summed E-state index contributed by atoms with van der Waals surface area (Å²) in [6.07, 6.45) is 5.07. The molecule has 5 nitrogen and oxygen atoms in total. The zero-order valence-corrected chi connectivity index (χ0v) is 18.8. The number of nitrogens with zero attached hydrogens (tertiary/aromatic N) is 2. The molecule has 0 saturated heterocycles. The Hall–Kier alpha value is -2.45. The van der Waals surface area contributed by atoms with Gasteiger partial charge in [-0.15, -0.1) is 0 Å². The van der Waals surface area contributed by atoms with Crippen molar-refractivity contribution in [3.63, 3.8) is 0 Å². The molecule has 0 saturated carbocycles. The minimum atomic E-state index is -0.669. The van der Waals surface area contributed by atoms with Gasteiger partial charge in [0, 0.05) is 12.6 Å². The Labute approximate surface area is 185 Å². The van der Waals surface area contributed by atoms with Crippen LogP contribution in [-0.4, -0.2) is 33.7 Å². The van der Waals surface area contributed by atoms with Gasteiger partial charge in [0.1, 0.15) is 23.9 Å².